The SMILES string of the molecule is CC(C)(C)OC(=O)N1CCC2(CCC(C(=O)O)n3c(=O)n(Cc4ccc5c(c4)OCO5)c(=O)n32)CC1.NC(=O)[C@H](CCc1ccccc1)NC(=O)[C@H](CCc1ccccc1)NC(=O)C1CCC2(CCNCC2)n2c(=O)n(Cc3ccc4c(c3)OCO4)c(=O)n21. The molecule has 89 heavy (non-hydrogen) atoms. The Labute approximate surface area is 511 Å². The molecule has 26 nitrogen and oxygen atoms in total. The van der Waals surface area contributed by atoms with Crippen LogP contribution < -0.4 is 63.4 Å². The van der Waals surface area contributed by atoms with E-state index in [1.165, 1.54) is 14.0 Å². The molecule has 0 bridgehead atoms. The van der Waals surface area contributed by atoms with Gasteiger partial charge in [0.2, 0.25) is 31.3 Å². The number of likely N-dealkylation sites (tertiary alicyclic amines) is 1. The number of aryl methyl sites for hydroxylation is 2. The maximum absolute atomic E-state index is 14.3. The Hall–Kier alpha value is -9.33. The van der Waals surface area contributed by atoms with Crippen LogP contribution in [-0.4, -0.2) is 125 Å². The molecule has 472 valence electrons. The summed E-state index contributed by atoms with van der Waals surface area (Å²) < 4.78 is 34.6. The smallest absolute Gasteiger partial charge is 0.410 e. The molecular weight excluding hydrogens is 1150 g/mol. The van der Waals surface area contributed by atoms with Crippen LogP contribution in [0.1, 0.15) is 119 Å². The largest absolute Gasteiger partial charge is 0.480 e. The van der Waals surface area contributed by atoms with Gasteiger partial charge in [-0.3, -0.25) is 14.4 Å². The molecule has 6 aliphatic rings. The minimum atomic E-state index is -1.16. The van der Waals surface area contributed by atoms with E-state index in [9.17, 15) is 48.3 Å². The highest BCUT2D eigenvalue weighted by molar-refractivity contribution is 5.92. The zero-order valence-corrected chi connectivity index (χ0v) is 50.1. The summed E-state index contributed by atoms with van der Waals surface area (Å²) in [6.45, 7) is 7.52. The van der Waals surface area contributed by atoms with Gasteiger partial charge in [0.1, 0.15) is 23.7 Å². The molecule has 0 aliphatic carbocycles. The molecule has 4 aromatic carbocycles. The Bertz CT molecular complexity index is 3880. The molecule has 4 atom stereocenters. The summed E-state index contributed by atoms with van der Waals surface area (Å²) in [7, 11) is 0. The van der Waals surface area contributed by atoms with Gasteiger partial charge in [0.05, 0.1) is 24.2 Å². The van der Waals surface area contributed by atoms with E-state index >= 15 is 0 Å². The zero-order chi connectivity index (χ0) is 62.8. The van der Waals surface area contributed by atoms with Crippen LogP contribution in [0.3, 0.4) is 0 Å². The fourth-order valence-corrected chi connectivity index (χ4v) is 13.1. The monoisotopic (exact) mass is 1230 g/mol. The predicted octanol–water partition coefficient (Wildman–Crippen LogP) is 3.46. The molecule has 2 spiro atoms. The third-order valence-electron chi connectivity index (χ3n) is 17.8. The van der Waals surface area contributed by atoms with E-state index in [1.54, 1.807) is 62.1 Å². The van der Waals surface area contributed by atoms with E-state index in [0.29, 0.717) is 118 Å². The van der Waals surface area contributed by atoms with Crippen LogP contribution in [0.25, 0.3) is 0 Å². The van der Waals surface area contributed by atoms with Crippen molar-refractivity contribution in [2.45, 2.75) is 152 Å². The number of rotatable bonds is 16. The van der Waals surface area contributed by atoms with Crippen LogP contribution >= 0.6 is 0 Å². The summed E-state index contributed by atoms with van der Waals surface area (Å²) in [5.74, 6) is -0.721. The van der Waals surface area contributed by atoms with Crippen LogP contribution in [-0.2, 0) is 60.9 Å². The maximum atomic E-state index is 14.3. The highest BCUT2D eigenvalue weighted by atomic mass is 16.7. The van der Waals surface area contributed by atoms with E-state index in [4.69, 9.17) is 29.4 Å². The number of nitrogens with one attached hydrogen (secondary N) is 3. The van der Waals surface area contributed by atoms with Gasteiger partial charge in [0.15, 0.2) is 29.0 Å². The van der Waals surface area contributed by atoms with Gasteiger partial charge in [-0.05, 0) is 157 Å². The lowest BCUT2D eigenvalue weighted by Crippen LogP contribution is -2.58. The van der Waals surface area contributed by atoms with E-state index in [-0.39, 0.29) is 45.9 Å². The molecule has 2 fully saturated rings. The lowest BCUT2D eigenvalue weighted by molar-refractivity contribution is -0.144. The Morgan fingerprint density at radius 1 is 0.607 bits per heavy atom. The van der Waals surface area contributed by atoms with Crippen LogP contribution in [0.15, 0.2) is 116 Å². The standard InChI is InChI=1S/C39H45N7O7.C24H30N4O8/c40-34(47)29(14-11-26-7-3-1-4-8-26)42-35(48)30(15-12-27-9-5-2-6-10-27)43-36(49)31-17-18-39(19-21-41-22-20-39)46-38(51)44(37(50)45(31)46)24-28-13-16-32-33(23-28)53-25-52-32;1-23(2,3)36-22(33)25-10-8-24(9-11-25)7-6-16(19(29)30)27-20(31)26(21(32)28(24)27)13-15-4-5-17-18(12-15)35-14-34-17/h1-10,13,16,23,29-31,41H,11-12,14-15,17-22,24-25H2,(H2,40,47)(H,42,48)(H,43,49);4-5,12,16H,6-11,13-14H2,1-3H3,(H,29,30)/t29-,30-,31?;/m0./s1. The Morgan fingerprint density at radius 3 is 1.57 bits per heavy atom. The number of carbonyl (C=O) groups excluding carboxylic acids is 4. The first-order valence-electron chi connectivity index (χ1n) is 30.3. The number of nitrogens with two attached hydrogens (primary N) is 1. The number of carbonyl (C=O) groups is 5. The number of piperidine rings is 2. The van der Waals surface area contributed by atoms with Gasteiger partial charge in [-0.25, -0.2) is 56.6 Å². The highest BCUT2D eigenvalue weighted by Crippen LogP contribution is 2.41. The molecule has 12 rings (SSSR count). The fraction of sp³-hybridized carbons (Fsp3) is 0.476. The number of hydrogen-bond acceptors (Lipinski definition) is 15. The molecular formula is C63H75N11O15. The van der Waals surface area contributed by atoms with Crippen LogP contribution in [0, 0.1) is 0 Å². The molecule has 2 aromatic heterocycles. The number of amides is 4. The molecule has 6 N–H and O–H groups in total. The number of fused-ring (bicyclic) bond motifs is 6. The lowest BCUT2D eigenvalue weighted by Gasteiger charge is -2.46. The van der Waals surface area contributed by atoms with Crippen molar-refractivity contribution in [1.29, 1.82) is 0 Å². The summed E-state index contributed by atoms with van der Waals surface area (Å²) in [6, 6.07) is 25.3. The average Bonchev–Trinajstić information content (AvgIpc) is 1.62. The number of aliphatic carboxylic acids is 1. The average molecular weight is 1230 g/mol. The van der Waals surface area contributed by atoms with Crippen molar-refractivity contribution < 1.29 is 52.8 Å². The van der Waals surface area contributed by atoms with Gasteiger partial charge in [0.25, 0.3) is 0 Å². The number of carboxylic acid groups (broad SMARTS) is 1. The number of benzene rings is 4. The lowest BCUT2D eigenvalue weighted by atomic mass is 9.81. The molecule has 0 saturated carbocycles. The summed E-state index contributed by atoms with van der Waals surface area (Å²) in [5, 5.41) is 18.9. The number of aromatic nitrogens is 6. The van der Waals surface area contributed by atoms with Crippen molar-refractivity contribution in [1.82, 2.24) is 48.7 Å². The van der Waals surface area contributed by atoms with Crippen molar-refractivity contribution in [3.8, 4) is 23.0 Å². The highest BCUT2D eigenvalue weighted by Gasteiger charge is 2.49. The number of carboxylic acids is 1. The molecule has 2 saturated heterocycles. The van der Waals surface area contributed by atoms with E-state index in [0.717, 1.165) is 24.9 Å². The molecule has 26 heteroatoms. The van der Waals surface area contributed by atoms with Crippen molar-refractivity contribution >= 4 is 29.8 Å². The molecule has 6 aromatic rings. The van der Waals surface area contributed by atoms with Crippen molar-refractivity contribution in [2.24, 2.45) is 5.73 Å². The second-order valence-electron chi connectivity index (χ2n) is 24.7. The first-order chi connectivity index (χ1) is 42.7. The van der Waals surface area contributed by atoms with Gasteiger partial charge >= 0.3 is 34.8 Å². The minimum absolute atomic E-state index is 0.0242. The van der Waals surface area contributed by atoms with Crippen molar-refractivity contribution in [3.05, 3.63) is 161 Å². The molecule has 6 aliphatic heterocycles. The fourth-order valence-electron chi connectivity index (χ4n) is 13.1. The summed E-state index contributed by atoms with van der Waals surface area (Å²) >= 11 is 0. The number of ether oxygens (including phenoxy) is 5. The number of primary amides is 1. The van der Waals surface area contributed by atoms with Crippen LogP contribution in [0.5, 0.6) is 23.0 Å². The number of nitrogens with zero attached hydrogens (tertiary/aromatic N) is 7. The van der Waals surface area contributed by atoms with E-state index in [2.05, 4.69) is 16.0 Å². The molecule has 8 heterocycles. The van der Waals surface area contributed by atoms with Crippen LogP contribution in [0.2, 0.25) is 0 Å². The Morgan fingerprint density at radius 2 is 1.08 bits per heavy atom. The predicted molar refractivity (Wildman–Crippen MR) is 321 cm³/mol. The topological polar surface area (TPSA) is 315 Å². The van der Waals surface area contributed by atoms with E-state index < -0.39 is 93.4 Å². The van der Waals surface area contributed by atoms with Gasteiger partial charge in [-0.1, -0.05) is 72.8 Å². The van der Waals surface area contributed by atoms with Gasteiger partial charge in [-0.2, -0.15) is 0 Å². The third-order valence-corrected chi connectivity index (χ3v) is 17.8. The van der Waals surface area contributed by atoms with Crippen LogP contribution in [0.4, 0.5) is 4.79 Å². The summed E-state index contributed by atoms with van der Waals surface area (Å²) in [4.78, 5) is 123. The third kappa shape index (κ3) is 12.9. The quantitative estimate of drug-likeness (QED) is 0.0927. The Balaban J connectivity index is 0.000000197. The minimum Gasteiger partial charge on any atom is -0.480 e. The van der Waals surface area contributed by atoms with Crippen molar-refractivity contribution in [3.63, 3.8) is 0 Å². The van der Waals surface area contributed by atoms with E-state index in [1.807, 2.05) is 60.7 Å². The Kier molecular flexibility index (Phi) is 17.5. The second kappa shape index (κ2) is 25.4. The zero-order valence-electron chi connectivity index (χ0n) is 50.1. The first kappa shape index (κ1) is 61.3. The first-order valence-corrected chi connectivity index (χ1v) is 30.3. The van der Waals surface area contributed by atoms with Gasteiger partial charge in [-0.15, -0.1) is 0 Å². The normalized spacial score (nSPS) is 19.0. The molecule has 2 unspecified atom stereocenters. The van der Waals surface area contributed by atoms with Crippen molar-refractivity contribution in [2.75, 3.05) is 39.8 Å². The summed E-state index contributed by atoms with van der Waals surface area (Å²) in [5.41, 5.74) is 4.66. The second-order valence-corrected chi connectivity index (χ2v) is 24.7. The molecule has 0 radical (unpaired) electrons. The molecule has 4 amide bonds. The van der Waals surface area contributed by atoms with Gasteiger partial charge in [0, 0.05) is 13.1 Å². The van der Waals surface area contributed by atoms with Gasteiger partial charge < -0.3 is 55.4 Å². The summed E-state index contributed by atoms with van der Waals surface area (Å²) in [6.07, 6.45) is 4.54. The number of hydrogen-bond donors (Lipinski definition) is 5. The maximum Gasteiger partial charge on any atom is 0.410 e.